The van der Waals surface area contributed by atoms with Crippen LogP contribution in [0.25, 0.3) is 0 Å². The quantitative estimate of drug-likeness (QED) is 0.503. The highest BCUT2D eigenvalue weighted by molar-refractivity contribution is 5.69. The van der Waals surface area contributed by atoms with Gasteiger partial charge in [-0.1, -0.05) is 6.92 Å². The van der Waals surface area contributed by atoms with E-state index >= 15 is 0 Å². The van der Waals surface area contributed by atoms with Crippen LogP contribution in [0.15, 0.2) is 18.7 Å². The number of halogens is 1. The summed E-state index contributed by atoms with van der Waals surface area (Å²) in [7, 11) is 1.86. The minimum atomic E-state index is -0.235. The van der Waals surface area contributed by atoms with Gasteiger partial charge in [-0.3, -0.25) is 4.84 Å². The van der Waals surface area contributed by atoms with Crippen molar-refractivity contribution in [3.8, 4) is 0 Å². The van der Waals surface area contributed by atoms with Gasteiger partial charge in [-0.05, 0) is 4.73 Å². The number of hydrogen-bond acceptors (Lipinski definition) is 2. The Labute approximate surface area is 81.5 Å². The Morgan fingerprint density at radius 3 is 2.75 bits per heavy atom. The van der Waals surface area contributed by atoms with E-state index in [0.29, 0.717) is 6.42 Å². The van der Waals surface area contributed by atoms with Crippen LogP contribution in [0.5, 0.6) is 0 Å². The second kappa shape index (κ2) is 4.92. The maximum absolute atomic E-state index is 10.7. The summed E-state index contributed by atoms with van der Waals surface area (Å²) in [5.41, 5.74) is 0. The van der Waals surface area contributed by atoms with Gasteiger partial charge < -0.3 is 17.0 Å². The fourth-order valence-electron chi connectivity index (χ4n) is 0.663. The lowest BCUT2D eigenvalue weighted by molar-refractivity contribution is -0.671. The number of aromatic nitrogens is 2. The van der Waals surface area contributed by atoms with Crippen molar-refractivity contribution in [2.24, 2.45) is 7.05 Å². The van der Waals surface area contributed by atoms with Gasteiger partial charge in [0.25, 0.3) is 6.33 Å². The Bertz CT molecular complexity index is 260. The second-order valence-corrected chi connectivity index (χ2v) is 2.26. The Balaban J connectivity index is 0.00000121. The van der Waals surface area contributed by atoms with E-state index in [9.17, 15) is 4.79 Å². The van der Waals surface area contributed by atoms with Gasteiger partial charge in [0.05, 0.1) is 7.05 Å². The van der Waals surface area contributed by atoms with Crippen molar-refractivity contribution in [1.82, 2.24) is 4.73 Å². The number of rotatable bonds is 2. The molecule has 0 radical (unpaired) electrons. The first kappa shape index (κ1) is 11.2. The number of carbonyl (C=O) groups excluding carboxylic acids is 1. The smallest absolute Gasteiger partial charge is 0.357 e. The van der Waals surface area contributed by atoms with Crippen molar-refractivity contribution in [3.05, 3.63) is 18.7 Å². The average molecular weight is 235 g/mol. The van der Waals surface area contributed by atoms with Crippen LogP contribution in [0.4, 0.5) is 0 Å². The Kier molecular flexibility index (Phi) is 4.58. The molecule has 68 valence electrons. The number of carbonyl (C=O) groups is 1. The van der Waals surface area contributed by atoms with E-state index in [1.165, 1.54) is 4.73 Å². The van der Waals surface area contributed by atoms with Crippen molar-refractivity contribution in [2.75, 3.05) is 0 Å². The zero-order valence-corrected chi connectivity index (χ0v) is 8.61. The molecule has 0 aliphatic rings. The zero-order chi connectivity index (χ0) is 8.27. The molecule has 0 aliphatic carbocycles. The standard InChI is InChI=1S/C7H11N2O2.BrH/c1-3-7(10)11-9-5-4-8(2)6-9;/h4-6H,3H2,1-2H3;1H/q+1;/p-1. The highest BCUT2D eigenvalue weighted by Gasteiger charge is 2.05. The van der Waals surface area contributed by atoms with Crippen molar-refractivity contribution >= 4 is 5.97 Å². The van der Waals surface area contributed by atoms with E-state index in [2.05, 4.69) is 0 Å². The lowest BCUT2D eigenvalue weighted by Gasteiger charge is -1.92. The summed E-state index contributed by atoms with van der Waals surface area (Å²) in [6.45, 7) is 1.76. The predicted octanol–water partition coefficient (Wildman–Crippen LogP) is -3.32. The molecular weight excluding hydrogens is 224 g/mol. The summed E-state index contributed by atoms with van der Waals surface area (Å²) in [5.74, 6) is -0.235. The molecule has 1 rings (SSSR count). The molecule has 0 unspecified atom stereocenters. The number of nitrogens with zero attached hydrogens (tertiary/aromatic N) is 2. The molecule has 0 spiro atoms. The average Bonchev–Trinajstić information content (AvgIpc) is 2.35. The highest BCUT2D eigenvalue weighted by atomic mass is 79.9. The molecule has 5 heteroatoms. The largest absolute Gasteiger partial charge is 1.00 e. The molecule has 12 heavy (non-hydrogen) atoms. The summed E-state index contributed by atoms with van der Waals surface area (Å²) in [6.07, 6.45) is 5.53. The summed E-state index contributed by atoms with van der Waals surface area (Å²) in [4.78, 5) is 15.6. The van der Waals surface area contributed by atoms with Gasteiger partial charge in [0.2, 0.25) is 0 Å². The fourth-order valence-corrected chi connectivity index (χ4v) is 0.663. The predicted molar refractivity (Wildman–Crippen MR) is 37.5 cm³/mol. The van der Waals surface area contributed by atoms with Gasteiger partial charge in [0.1, 0.15) is 6.20 Å². The third-order valence-corrected chi connectivity index (χ3v) is 1.24. The molecule has 0 saturated carbocycles. The maximum Gasteiger partial charge on any atom is 0.357 e. The van der Waals surface area contributed by atoms with Crippen LogP contribution >= 0.6 is 0 Å². The molecule has 0 amide bonds. The highest BCUT2D eigenvalue weighted by Crippen LogP contribution is 1.82. The molecule has 0 aliphatic heterocycles. The van der Waals surface area contributed by atoms with E-state index in [-0.39, 0.29) is 23.0 Å². The number of imidazole rings is 1. The van der Waals surface area contributed by atoms with Gasteiger partial charge in [-0.25, -0.2) is 9.36 Å². The van der Waals surface area contributed by atoms with Crippen LogP contribution in [0.1, 0.15) is 13.3 Å². The fraction of sp³-hybridized carbons (Fsp3) is 0.429. The minimum absolute atomic E-state index is 0. The van der Waals surface area contributed by atoms with Crippen LogP contribution in [0.3, 0.4) is 0 Å². The minimum Gasteiger partial charge on any atom is -1.00 e. The molecule has 4 nitrogen and oxygen atoms in total. The summed E-state index contributed by atoms with van der Waals surface area (Å²) < 4.78 is 3.18. The summed E-state index contributed by atoms with van der Waals surface area (Å²) in [5, 5.41) is 0. The molecule has 1 heterocycles. The number of aryl methyl sites for hydroxylation is 1. The van der Waals surface area contributed by atoms with Gasteiger partial charge >= 0.3 is 5.97 Å². The van der Waals surface area contributed by atoms with Crippen LogP contribution in [0, 0.1) is 0 Å². The van der Waals surface area contributed by atoms with Crippen molar-refractivity contribution in [3.63, 3.8) is 0 Å². The van der Waals surface area contributed by atoms with E-state index in [4.69, 9.17) is 4.84 Å². The Hall–Kier alpha value is -0.840. The van der Waals surface area contributed by atoms with Gasteiger partial charge in [0, 0.05) is 6.42 Å². The zero-order valence-electron chi connectivity index (χ0n) is 7.03. The molecule has 1 aromatic heterocycles. The van der Waals surface area contributed by atoms with Crippen molar-refractivity contribution in [2.45, 2.75) is 13.3 Å². The van der Waals surface area contributed by atoms with E-state index < -0.39 is 0 Å². The first-order valence-corrected chi connectivity index (χ1v) is 3.46. The van der Waals surface area contributed by atoms with E-state index in [1.807, 2.05) is 7.05 Å². The van der Waals surface area contributed by atoms with Gasteiger partial charge in [-0.2, -0.15) is 0 Å². The van der Waals surface area contributed by atoms with Crippen LogP contribution in [-0.4, -0.2) is 10.7 Å². The molecule has 0 saturated heterocycles. The lowest BCUT2D eigenvalue weighted by atomic mass is 10.5. The SMILES string of the molecule is CCC(=O)On1cc[n+](C)c1.[Br-]. The summed E-state index contributed by atoms with van der Waals surface area (Å²) in [6, 6.07) is 0. The second-order valence-electron chi connectivity index (χ2n) is 2.26. The van der Waals surface area contributed by atoms with Gasteiger partial charge in [-0.15, -0.1) is 0 Å². The molecule has 0 fully saturated rings. The monoisotopic (exact) mass is 234 g/mol. The topological polar surface area (TPSA) is 35.1 Å². The van der Waals surface area contributed by atoms with E-state index in [0.717, 1.165) is 0 Å². The van der Waals surface area contributed by atoms with E-state index in [1.54, 1.807) is 30.2 Å². The molecule has 1 aromatic rings. The molecule has 0 N–H and O–H groups in total. The van der Waals surface area contributed by atoms with Crippen molar-refractivity contribution in [1.29, 1.82) is 0 Å². The third kappa shape index (κ3) is 3.04. The third-order valence-electron chi connectivity index (χ3n) is 1.24. The Morgan fingerprint density at radius 2 is 2.33 bits per heavy atom. The first-order valence-electron chi connectivity index (χ1n) is 3.46. The normalized spacial score (nSPS) is 8.83. The van der Waals surface area contributed by atoms with Crippen molar-refractivity contribution < 1.29 is 31.2 Å². The molecule has 0 bridgehead atoms. The molecule has 0 aromatic carbocycles. The molecule has 0 atom stereocenters. The van der Waals surface area contributed by atoms with Crippen LogP contribution in [-0.2, 0) is 11.8 Å². The van der Waals surface area contributed by atoms with Gasteiger partial charge in [0.15, 0.2) is 6.20 Å². The summed E-state index contributed by atoms with van der Waals surface area (Å²) >= 11 is 0. The van der Waals surface area contributed by atoms with Crippen LogP contribution < -0.4 is 26.4 Å². The lowest BCUT2D eigenvalue weighted by Crippen LogP contribution is -3.00. The maximum atomic E-state index is 10.7. The molecular formula is C7H11BrN2O2. The van der Waals surface area contributed by atoms with Crippen LogP contribution in [0.2, 0.25) is 0 Å². The first-order chi connectivity index (χ1) is 5.22. The Morgan fingerprint density at radius 1 is 1.67 bits per heavy atom. The number of hydrogen-bond donors (Lipinski definition) is 0.